The van der Waals surface area contributed by atoms with Gasteiger partial charge in [0.25, 0.3) is 0 Å². The standard InChI is InChI=1S/C13H17N3O3/c1-9-4-2-6-14-10(9)8-15-13(19)16-7-3-5-11(16)12(17)18/h2,4,6,11H,3,5,7-8H2,1H3,(H,15,19)(H,17,18). The summed E-state index contributed by atoms with van der Waals surface area (Å²) in [7, 11) is 0. The highest BCUT2D eigenvalue weighted by molar-refractivity contribution is 5.83. The normalized spacial score (nSPS) is 18.4. The Labute approximate surface area is 111 Å². The summed E-state index contributed by atoms with van der Waals surface area (Å²) in [6.07, 6.45) is 2.92. The van der Waals surface area contributed by atoms with Gasteiger partial charge in [-0.1, -0.05) is 6.07 Å². The summed E-state index contributed by atoms with van der Waals surface area (Å²) in [5.74, 6) is -0.943. The number of carboxylic acid groups (broad SMARTS) is 1. The van der Waals surface area contributed by atoms with Crippen LogP contribution in [0.3, 0.4) is 0 Å². The Kier molecular flexibility index (Phi) is 3.99. The van der Waals surface area contributed by atoms with Gasteiger partial charge in [0, 0.05) is 12.7 Å². The van der Waals surface area contributed by atoms with Crippen LogP contribution in [-0.2, 0) is 11.3 Å². The second-order valence-corrected chi connectivity index (χ2v) is 4.62. The molecule has 102 valence electrons. The molecular weight excluding hydrogens is 246 g/mol. The quantitative estimate of drug-likeness (QED) is 0.857. The Balaban J connectivity index is 1.95. The molecule has 2 heterocycles. The summed E-state index contributed by atoms with van der Waals surface area (Å²) >= 11 is 0. The Hall–Kier alpha value is -2.11. The average molecular weight is 263 g/mol. The molecule has 1 atom stereocenters. The topological polar surface area (TPSA) is 82.5 Å². The minimum Gasteiger partial charge on any atom is -0.480 e. The molecular formula is C13H17N3O3. The third-order valence-corrected chi connectivity index (χ3v) is 3.32. The van der Waals surface area contributed by atoms with E-state index in [1.165, 1.54) is 4.90 Å². The van der Waals surface area contributed by atoms with E-state index in [0.29, 0.717) is 19.5 Å². The van der Waals surface area contributed by atoms with Crippen LogP contribution in [0.1, 0.15) is 24.1 Å². The van der Waals surface area contributed by atoms with Crippen LogP contribution in [0.4, 0.5) is 4.79 Å². The minimum atomic E-state index is -0.943. The highest BCUT2D eigenvalue weighted by Crippen LogP contribution is 2.17. The van der Waals surface area contributed by atoms with Crippen molar-refractivity contribution in [1.82, 2.24) is 15.2 Å². The molecule has 2 N–H and O–H groups in total. The van der Waals surface area contributed by atoms with Crippen molar-refractivity contribution in [2.45, 2.75) is 32.4 Å². The van der Waals surface area contributed by atoms with E-state index in [0.717, 1.165) is 17.7 Å². The fraction of sp³-hybridized carbons (Fsp3) is 0.462. The molecule has 1 aromatic heterocycles. The van der Waals surface area contributed by atoms with Crippen LogP contribution in [0.5, 0.6) is 0 Å². The van der Waals surface area contributed by atoms with Gasteiger partial charge in [-0.05, 0) is 31.4 Å². The highest BCUT2D eigenvalue weighted by atomic mass is 16.4. The van der Waals surface area contributed by atoms with Crippen LogP contribution in [-0.4, -0.2) is 39.6 Å². The molecule has 0 aliphatic carbocycles. The molecule has 1 fully saturated rings. The second-order valence-electron chi connectivity index (χ2n) is 4.62. The molecule has 1 saturated heterocycles. The zero-order valence-corrected chi connectivity index (χ0v) is 10.8. The van der Waals surface area contributed by atoms with Crippen LogP contribution in [0, 0.1) is 6.92 Å². The largest absolute Gasteiger partial charge is 0.480 e. The Morgan fingerprint density at radius 1 is 1.58 bits per heavy atom. The van der Waals surface area contributed by atoms with Crippen molar-refractivity contribution >= 4 is 12.0 Å². The molecule has 19 heavy (non-hydrogen) atoms. The number of amides is 2. The van der Waals surface area contributed by atoms with Crippen LogP contribution in [0.2, 0.25) is 0 Å². The number of nitrogens with zero attached hydrogens (tertiary/aromatic N) is 2. The number of carbonyl (C=O) groups excluding carboxylic acids is 1. The number of pyridine rings is 1. The first-order chi connectivity index (χ1) is 9.09. The molecule has 0 spiro atoms. The van der Waals surface area contributed by atoms with Crippen LogP contribution >= 0.6 is 0 Å². The molecule has 2 rings (SSSR count). The number of nitrogens with one attached hydrogen (secondary N) is 1. The van der Waals surface area contributed by atoms with Crippen molar-refractivity contribution in [3.05, 3.63) is 29.6 Å². The first-order valence-electron chi connectivity index (χ1n) is 6.27. The van der Waals surface area contributed by atoms with Crippen molar-refractivity contribution in [2.24, 2.45) is 0 Å². The lowest BCUT2D eigenvalue weighted by Gasteiger charge is -2.21. The maximum Gasteiger partial charge on any atom is 0.326 e. The lowest BCUT2D eigenvalue weighted by molar-refractivity contribution is -0.141. The Bertz CT molecular complexity index is 490. The summed E-state index contributed by atoms with van der Waals surface area (Å²) < 4.78 is 0. The van der Waals surface area contributed by atoms with E-state index < -0.39 is 12.0 Å². The first kappa shape index (κ1) is 13.3. The molecule has 0 aromatic carbocycles. The van der Waals surface area contributed by atoms with Gasteiger partial charge in [-0.15, -0.1) is 0 Å². The fourth-order valence-electron chi connectivity index (χ4n) is 2.23. The lowest BCUT2D eigenvalue weighted by atomic mass is 10.2. The first-order valence-corrected chi connectivity index (χ1v) is 6.27. The zero-order chi connectivity index (χ0) is 13.8. The fourth-order valence-corrected chi connectivity index (χ4v) is 2.23. The number of carbonyl (C=O) groups is 2. The van der Waals surface area contributed by atoms with E-state index >= 15 is 0 Å². The van der Waals surface area contributed by atoms with Crippen molar-refractivity contribution in [1.29, 1.82) is 0 Å². The molecule has 0 radical (unpaired) electrons. The highest BCUT2D eigenvalue weighted by Gasteiger charge is 2.33. The smallest absolute Gasteiger partial charge is 0.326 e. The van der Waals surface area contributed by atoms with Gasteiger partial charge in [0.1, 0.15) is 6.04 Å². The molecule has 1 aromatic rings. The number of carboxylic acids is 1. The van der Waals surface area contributed by atoms with Crippen molar-refractivity contribution in [3.8, 4) is 0 Å². The van der Waals surface area contributed by atoms with Gasteiger partial charge < -0.3 is 15.3 Å². The number of aliphatic carboxylic acids is 1. The molecule has 6 nitrogen and oxygen atoms in total. The van der Waals surface area contributed by atoms with E-state index in [1.807, 2.05) is 19.1 Å². The van der Waals surface area contributed by atoms with Gasteiger partial charge >= 0.3 is 12.0 Å². The van der Waals surface area contributed by atoms with Crippen LogP contribution < -0.4 is 5.32 Å². The minimum absolute atomic E-state index is 0.314. The monoisotopic (exact) mass is 263 g/mol. The van der Waals surface area contributed by atoms with Gasteiger partial charge in [-0.2, -0.15) is 0 Å². The van der Waals surface area contributed by atoms with Gasteiger partial charge in [0.15, 0.2) is 0 Å². The number of likely N-dealkylation sites (tertiary alicyclic amines) is 1. The summed E-state index contributed by atoms with van der Waals surface area (Å²) in [4.78, 5) is 28.5. The maximum atomic E-state index is 12.0. The Morgan fingerprint density at radius 2 is 2.37 bits per heavy atom. The van der Waals surface area contributed by atoms with Gasteiger partial charge in [-0.3, -0.25) is 4.98 Å². The summed E-state index contributed by atoms with van der Waals surface area (Å²) in [5, 5.41) is 11.8. The molecule has 1 unspecified atom stereocenters. The molecule has 0 bridgehead atoms. The number of aromatic nitrogens is 1. The van der Waals surface area contributed by atoms with Crippen molar-refractivity contribution in [2.75, 3.05) is 6.54 Å². The molecule has 1 aliphatic rings. The van der Waals surface area contributed by atoms with Gasteiger partial charge in [-0.25, -0.2) is 9.59 Å². The van der Waals surface area contributed by atoms with Crippen molar-refractivity contribution in [3.63, 3.8) is 0 Å². The van der Waals surface area contributed by atoms with E-state index in [9.17, 15) is 9.59 Å². The SMILES string of the molecule is Cc1cccnc1CNC(=O)N1CCCC1C(=O)O. The zero-order valence-electron chi connectivity index (χ0n) is 10.8. The summed E-state index contributed by atoms with van der Waals surface area (Å²) in [6.45, 7) is 2.72. The summed E-state index contributed by atoms with van der Waals surface area (Å²) in [6, 6.07) is 2.71. The maximum absolute atomic E-state index is 12.0. The summed E-state index contributed by atoms with van der Waals surface area (Å²) in [5.41, 5.74) is 1.79. The van der Waals surface area contributed by atoms with E-state index in [4.69, 9.17) is 5.11 Å². The molecule has 6 heteroatoms. The number of hydrogen-bond donors (Lipinski definition) is 2. The van der Waals surface area contributed by atoms with E-state index in [2.05, 4.69) is 10.3 Å². The predicted molar refractivity (Wildman–Crippen MR) is 68.6 cm³/mol. The third-order valence-electron chi connectivity index (χ3n) is 3.32. The average Bonchev–Trinajstić information content (AvgIpc) is 2.87. The van der Waals surface area contributed by atoms with Crippen LogP contribution in [0.25, 0.3) is 0 Å². The number of aryl methyl sites for hydroxylation is 1. The second kappa shape index (κ2) is 5.69. The van der Waals surface area contributed by atoms with Gasteiger partial charge in [0.05, 0.1) is 12.2 Å². The lowest BCUT2D eigenvalue weighted by Crippen LogP contribution is -2.45. The number of urea groups is 1. The van der Waals surface area contributed by atoms with E-state index in [1.54, 1.807) is 6.20 Å². The molecule has 0 saturated carbocycles. The van der Waals surface area contributed by atoms with E-state index in [-0.39, 0.29) is 6.03 Å². The van der Waals surface area contributed by atoms with Crippen LogP contribution in [0.15, 0.2) is 18.3 Å². The number of hydrogen-bond acceptors (Lipinski definition) is 3. The van der Waals surface area contributed by atoms with Gasteiger partial charge in [0.2, 0.25) is 0 Å². The molecule has 2 amide bonds. The predicted octanol–water partition coefficient (Wildman–Crippen LogP) is 1.15. The molecule has 1 aliphatic heterocycles. The Morgan fingerprint density at radius 3 is 3.05 bits per heavy atom. The van der Waals surface area contributed by atoms with Crippen molar-refractivity contribution < 1.29 is 14.7 Å². The number of rotatable bonds is 3. The third kappa shape index (κ3) is 3.01.